The summed E-state index contributed by atoms with van der Waals surface area (Å²) in [5.74, 6) is 0. The van der Waals surface area contributed by atoms with Crippen LogP contribution < -0.4 is 0 Å². The molecule has 0 saturated heterocycles. The van der Waals surface area contributed by atoms with Crippen molar-refractivity contribution in [3.05, 3.63) is 10.4 Å². The zero-order valence-electron chi connectivity index (χ0n) is 9.98. The number of hydrogen-bond acceptors (Lipinski definition) is 2. The first-order valence-electron chi connectivity index (χ1n) is 5.92. The van der Waals surface area contributed by atoms with Crippen LogP contribution in [0.15, 0.2) is 5.11 Å². The Balaban J connectivity index is 3.25. The summed E-state index contributed by atoms with van der Waals surface area (Å²) in [5, 5.41) is 3.55. The van der Waals surface area contributed by atoms with Crippen molar-refractivity contribution in [1.29, 1.82) is 0 Å². The molecule has 0 fully saturated rings. The Kier molecular flexibility index (Phi) is 10.8. The van der Waals surface area contributed by atoms with E-state index < -0.39 is 0 Å². The molecule has 1 unspecified atom stereocenters. The molecule has 0 aliphatic carbocycles. The average Bonchev–Trinajstić information content (AvgIpc) is 2.26. The molecule has 0 spiro atoms. The third-order valence-electron chi connectivity index (χ3n) is 2.51. The fraction of sp³-hybridized carbons (Fsp3) is 1.00. The maximum absolute atomic E-state index is 8.25. The topological polar surface area (TPSA) is 58.0 Å². The molecule has 0 amide bonds. The molecule has 0 radical (unpaired) electrons. The predicted octanol–water partition coefficient (Wildman–Crippen LogP) is 4.41. The third kappa shape index (κ3) is 9.57. The molecule has 1 atom stereocenters. The van der Waals surface area contributed by atoms with Gasteiger partial charge in [-0.25, -0.2) is 0 Å². The molecule has 4 heteroatoms. The lowest BCUT2D eigenvalue weighted by Crippen LogP contribution is -2.05. The van der Waals surface area contributed by atoms with Gasteiger partial charge in [-0.1, -0.05) is 57.0 Å². The highest BCUT2D eigenvalue weighted by atomic mass is 16.5. The van der Waals surface area contributed by atoms with Gasteiger partial charge in [0.15, 0.2) is 0 Å². The van der Waals surface area contributed by atoms with Crippen molar-refractivity contribution in [3.63, 3.8) is 0 Å². The highest BCUT2D eigenvalue weighted by molar-refractivity contribution is 4.56. The van der Waals surface area contributed by atoms with E-state index >= 15 is 0 Å². The summed E-state index contributed by atoms with van der Waals surface area (Å²) in [7, 11) is 1.58. The zero-order valence-corrected chi connectivity index (χ0v) is 9.98. The second-order valence-corrected chi connectivity index (χ2v) is 3.81. The van der Waals surface area contributed by atoms with Crippen LogP contribution in [0.4, 0.5) is 0 Å². The number of nitrogens with zero attached hydrogens (tertiary/aromatic N) is 3. The molecule has 0 aromatic heterocycles. The Labute approximate surface area is 92.6 Å². The molecular formula is C11H23N3O. The monoisotopic (exact) mass is 213 g/mol. The molecule has 0 aliphatic heterocycles. The van der Waals surface area contributed by atoms with Crippen LogP contribution in [0.5, 0.6) is 0 Å². The van der Waals surface area contributed by atoms with Crippen molar-refractivity contribution in [2.75, 3.05) is 7.11 Å². The first-order chi connectivity index (χ1) is 7.35. The van der Waals surface area contributed by atoms with Crippen LogP contribution in [0.2, 0.25) is 0 Å². The maximum atomic E-state index is 8.25. The quantitative estimate of drug-likeness (QED) is 0.229. The third-order valence-corrected chi connectivity index (χ3v) is 2.51. The smallest absolute Gasteiger partial charge is 0.136 e. The largest absolute Gasteiger partial charge is 0.375 e. The number of hydrogen-bond donors (Lipinski definition) is 0. The van der Waals surface area contributed by atoms with Crippen LogP contribution in [0.1, 0.15) is 58.3 Å². The van der Waals surface area contributed by atoms with Gasteiger partial charge in [-0.05, 0) is 12.0 Å². The molecule has 0 rings (SSSR count). The van der Waals surface area contributed by atoms with Crippen LogP contribution >= 0.6 is 0 Å². The minimum atomic E-state index is -0.273. The molecule has 4 nitrogen and oxygen atoms in total. The van der Waals surface area contributed by atoms with Gasteiger partial charge >= 0.3 is 0 Å². The normalized spacial score (nSPS) is 12.1. The summed E-state index contributed by atoms with van der Waals surface area (Å²) >= 11 is 0. The highest BCUT2D eigenvalue weighted by Gasteiger charge is 2.02. The van der Waals surface area contributed by atoms with Crippen LogP contribution in [-0.2, 0) is 4.74 Å². The summed E-state index contributed by atoms with van der Waals surface area (Å²) in [6.45, 7) is 2.23. The second kappa shape index (κ2) is 11.3. The van der Waals surface area contributed by atoms with Gasteiger partial charge in [-0.2, -0.15) is 0 Å². The fourth-order valence-corrected chi connectivity index (χ4v) is 1.56. The Morgan fingerprint density at radius 1 is 1.13 bits per heavy atom. The van der Waals surface area contributed by atoms with Crippen LogP contribution in [0.3, 0.4) is 0 Å². The van der Waals surface area contributed by atoms with Crippen molar-refractivity contribution in [1.82, 2.24) is 0 Å². The molecule has 0 N–H and O–H groups in total. The maximum Gasteiger partial charge on any atom is 0.136 e. The molecule has 0 heterocycles. The standard InChI is InChI=1S/C11H23N3O/c1-3-4-5-6-7-8-9-10-11(15-2)13-14-12/h11H,3-10H2,1-2H3. The number of rotatable bonds is 10. The first-order valence-corrected chi connectivity index (χ1v) is 5.92. The molecule has 0 aromatic rings. The minimum absolute atomic E-state index is 0.273. The van der Waals surface area contributed by atoms with Gasteiger partial charge in [0.2, 0.25) is 0 Å². The molecule has 88 valence electrons. The summed E-state index contributed by atoms with van der Waals surface area (Å²) in [6.07, 6.45) is 9.47. The van der Waals surface area contributed by atoms with E-state index in [4.69, 9.17) is 10.3 Å². The number of unbranched alkanes of at least 4 members (excludes halogenated alkanes) is 6. The highest BCUT2D eigenvalue weighted by Crippen LogP contribution is 2.11. The van der Waals surface area contributed by atoms with E-state index in [2.05, 4.69) is 16.9 Å². The summed E-state index contributed by atoms with van der Waals surface area (Å²) in [4.78, 5) is 2.75. The van der Waals surface area contributed by atoms with E-state index in [0.29, 0.717) is 0 Å². The summed E-state index contributed by atoms with van der Waals surface area (Å²) in [5.41, 5.74) is 8.25. The Morgan fingerprint density at radius 2 is 1.73 bits per heavy atom. The van der Waals surface area contributed by atoms with Crippen molar-refractivity contribution >= 4 is 0 Å². The predicted molar refractivity (Wildman–Crippen MR) is 62.6 cm³/mol. The van der Waals surface area contributed by atoms with Gasteiger partial charge < -0.3 is 4.74 Å². The zero-order chi connectivity index (χ0) is 11.4. The Hall–Kier alpha value is -0.730. The van der Waals surface area contributed by atoms with Gasteiger partial charge in [0.05, 0.1) is 0 Å². The van der Waals surface area contributed by atoms with Crippen LogP contribution in [0, 0.1) is 0 Å². The van der Waals surface area contributed by atoms with Crippen LogP contribution in [0.25, 0.3) is 10.4 Å². The lowest BCUT2D eigenvalue weighted by molar-refractivity contribution is 0.0986. The van der Waals surface area contributed by atoms with E-state index in [1.807, 2.05) is 0 Å². The lowest BCUT2D eigenvalue weighted by Gasteiger charge is -2.07. The van der Waals surface area contributed by atoms with Crippen molar-refractivity contribution in [3.8, 4) is 0 Å². The van der Waals surface area contributed by atoms with Crippen molar-refractivity contribution < 1.29 is 4.74 Å². The van der Waals surface area contributed by atoms with E-state index in [1.165, 1.54) is 38.5 Å². The molecule has 0 bridgehead atoms. The number of ether oxygens (including phenoxy) is 1. The van der Waals surface area contributed by atoms with E-state index in [0.717, 1.165) is 12.8 Å². The molecule has 15 heavy (non-hydrogen) atoms. The Bertz CT molecular complexity index is 179. The average molecular weight is 213 g/mol. The van der Waals surface area contributed by atoms with Crippen molar-refractivity contribution in [2.45, 2.75) is 64.5 Å². The molecular weight excluding hydrogens is 190 g/mol. The first kappa shape index (κ1) is 14.3. The lowest BCUT2D eigenvalue weighted by atomic mass is 10.1. The summed E-state index contributed by atoms with van der Waals surface area (Å²) < 4.78 is 5.02. The minimum Gasteiger partial charge on any atom is -0.375 e. The SMILES string of the molecule is CCCCCCCCCC(N=[N+]=[N-])OC. The van der Waals surface area contributed by atoms with Crippen LogP contribution in [-0.4, -0.2) is 13.3 Å². The van der Waals surface area contributed by atoms with Gasteiger partial charge in [-0.3, -0.25) is 0 Å². The fourth-order valence-electron chi connectivity index (χ4n) is 1.56. The second-order valence-electron chi connectivity index (χ2n) is 3.81. The molecule has 0 saturated carbocycles. The van der Waals surface area contributed by atoms with Gasteiger partial charge in [0.1, 0.15) is 6.23 Å². The number of azide groups is 1. The Morgan fingerprint density at radius 3 is 2.27 bits per heavy atom. The summed E-state index contributed by atoms with van der Waals surface area (Å²) in [6, 6.07) is 0. The molecule has 0 aromatic carbocycles. The van der Waals surface area contributed by atoms with Gasteiger partial charge in [-0.15, -0.1) is 0 Å². The molecule has 0 aliphatic rings. The van der Waals surface area contributed by atoms with Gasteiger partial charge in [0, 0.05) is 12.0 Å². The van der Waals surface area contributed by atoms with Crippen molar-refractivity contribution in [2.24, 2.45) is 5.11 Å². The van der Waals surface area contributed by atoms with E-state index in [1.54, 1.807) is 7.11 Å². The number of methoxy groups -OCH3 is 1. The van der Waals surface area contributed by atoms with E-state index in [9.17, 15) is 0 Å². The van der Waals surface area contributed by atoms with E-state index in [-0.39, 0.29) is 6.23 Å². The van der Waals surface area contributed by atoms with Gasteiger partial charge in [0.25, 0.3) is 0 Å².